The molecule has 0 fully saturated rings. The molecule has 0 saturated heterocycles. The van der Waals surface area contributed by atoms with Crippen molar-refractivity contribution < 1.29 is 23.7 Å². The van der Waals surface area contributed by atoms with Crippen LogP contribution in [0.1, 0.15) is 26.2 Å². The van der Waals surface area contributed by atoms with Gasteiger partial charge in [-0.1, -0.05) is 25.8 Å². The van der Waals surface area contributed by atoms with Gasteiger partial charge >= 0.3 is 5.97 Å². The van der Waals surface area contributed by atoms with Crippen molar-refractivity contribution in [1.82, 2.24) is 0 Å². The Bertz CT molecular complexity index is 468. The first-order chi connectivity index (χ1) is 10.2. The second-order valence-corrected chi connectivity index (χ2v) is 4.33. The van der Waals surface area contributed by atoms with Gasteiger partial charge in [0.25, 0.3) is 0 Å². The second-order valence-electron chi connectivity index (χ2n) is 4.33. The largest absolute Gasteiger partial charge is 0.493 e. The lowest BCUT2D eigenvalue weighted by atomic mass is 10.2. The molecule has 1 aromatic rings. The van der Waals surface area contributed by atoms with Gasteiger partial charge in [0, 0.05) is 18.2 Å². The Kier molecular flexibility index (Phi) is 7.15. The molecule has 0 aliphatic heterocycles. The molecule has 0 heterocycles. The molecular weight excluding hydrogens is 272 g/mol. The minimum atomic E-state index is -0.430. The summed E-state index contributed by atoms with van der Waals surface area (Å²) in [5, 5.41) is 0. The molecule has 21 heavy (non-hydrogen) atoms. The van der Waals surface area contributed by atoms with Crippen LogP contribution in [-0.4, -0.2) is 27.3 Å². The Hall–Kier alpha value is -2.17. The van der Waals surface area contributed by atoms with Crippen LogP contribution in [-0.2, 0) is 4.79 Å². The first-order valence-corrected chi connectivity index (χ1v) is 6.84. The van der Waals surface area contributed by atoms with Crippen LogP contribution in [0.15, 0.2) is 24.3 Å². The summed E-state index contributed by atoms with van der Waals surface area (Å²) in [5.74, 6) is 1.25. The molecule has 0 spiro atoms. The predicted molar refractivity (Wildman–Crippen MR) is 80.4 cm³/mol. The van der Waals surface area contributed by atoms with Crippen molar-refractivity contribution in [3.05, 3.63) is 24.3 Å². The quantitative estimate of drug-likeness (QED) is 0.318. The fourth-order valence-electron chi connectivity index (χ4n) is 1.77. The van der Waals surface area contributed by atoms with E-state index in [1.54, 1.807) is 12.1 Å². The molecule has 116 valence electrons. The zero-order chi connectivity index (χ0) is 15.7. The Morgan fingerprint density at radius 3 is 2.19 bits per heavy atom. The lowest BCUT2D eigenvalue weighted by Crippen LogP contribution is -2.05. The van der Waals surface area contributed by atoms with Gasteiger partial charge in [0.15, 0.2) is 11.5 Å². The number of esters is 1. The van der Waals surface area contributed by atoms with Crippen molar-refractivity contribution in [3.63, 3.8) is 0 Å². The summed E-state index contributed by atoms with van der Waals surface area (Å²) >= 11 is 0. The van der Waals surface area contributed by atoms with E-state index in [2.05, 4.69) is 6.92 Å². The first-order valence-electron chi connectivity index (χ1n) is 6.84. The van der Waals surface area contributed by atoms with E-state index in [9.17, 15) is 4.79 Å². The molecule has 5 nitrogen and oxygen atoms in total. The molecule has 0 N–H and O–H groups in total. The Morgan fingerprint density at radius 1 is 1.10 bits per heavy atom. The molecule has 1 aromatic carbocycles. The molecule has 0 aromatic heterocycles. The third-order valence-corrected chi connectivity index (χ3v) is 2.83. The van der Waals surface area contributed by atoms with Crippen LogP contribution in [0, 0.1) is 0 Å². The standard InChI is InChI=1S/C16H22O5/c1-5-6-7-8-9-15(17)21-12-10-13(18-2)16(20-4)14(11-12)19-3/h8-11H,5-7H2,1-4H3. The SMILES string of the molecule is CCCCC=CC(=O)Oc1cc(OC)c(OC)c(OC)c1. The summed E-state index contributed by atoms with van der Waals surface area (Å²) in [6.45, 7) is 2.10. The van der Waals surface area contributed by atoms with Crippen LogP contribution >= 0.6 is 0 Å². The third-order valence-electron chi connectivity index (χ3n) is 2.83. The number of rotatable bonds is 8. The van der Waals surface area contributed by atoms with Gasteiger partial charge in [-0.05, 0) is 6.42 Å². The topological polar surface area (TPSA) is 54.0 Å². The lowest BCUT2D eigenvalue weighted by molar-refractivity contribution is -0.129. The number of unbranched alkanes of at least 4 members (excludes halogenated alkanes) is 2. The van der Waals surface area contributed by atoms with Gasteiger partial charge in [-0.15, -0.1) is 0 Å². The number of carbonyl (C=O) groups is 1. The van der Waals surface area contributed by atoms with E-state index < -0.39 is 5.97 Å². The Morgan fingerprint density at radius 2 is 1.71 bits per heavy atom. The molecule has 5 heteroatoms. The van der Waals surface area contributed by atoms with Gasteiger partial charge in [-0.2, -0.15) is 0 Å². The molecule has 0 saturated carbocycles. The number of ether oxygens (including phenoxy) is 4. The van der Waals surface area contributed by atoms with Crippen molar-refractivity contribution in [2.24, 2.45) is 0 Å². The normalized spacial score (nSPS) is 10.5. The smallest absolute Gasteiger partial charge is 0.335 e. The van der Waals surface area contributed by atoms with Gasteiger partial charge in [0.05, 0.1) is 21.3 Å². The molecule has 0 unspecified atom stereocenters. The van der Waals surface area contributed by atoms with Crippen molar-refractivity contribution >= 4 is 5.97 Å². The zero-order valence-corrected chi connectivity index (χ0v) is 13.0. The van der Waals surface area contributed by atoms with Crippen LogP contribution < -0.4 is 18.9 Å². The average molecular weight is 294 g/mol. The predicted octanol–water partition coefficient (Wildman–Crippen LogP) is 3.36. The van der Waals surface area contributed by atoms with E-state index in [1.807, 2.05) is 6.08 Å². The van der Waals surface area contributed by atoms with Gasteiger partial charge in [0.2, 0.25) is 5.75 Å². The summed E-state index contributed by atoms with van der Waals surface area (Å²) in [4.78, 5) is 11.7. The van der Waals surface area contributed by atoms with Crippen molar-refractivity contribution in [2.45, 2.75) is 26.2 Å². The fourth-order valence-corrected chi connectivity index (χ4v) is 1.77. The maximum atomic E-state index is 11.7. The number of benzene rings is 1. The van der Waals surface area contributed by atoms with Crippen LogP contribution in [0.4, 0.5) is 0 Å². The van der Waals surface area contributed by atoms with E-state index in [1.165, 1.54) is 27.4 Å². The van der Waals surface area contributed by atoms with Crippen molar-refractivity contribution in [3.8, 4) is 23.0 Å². The van der Waals surface area contributed by atoms with Crippen LogP contribution in [0.25, 0.3) is 0 Å². The first kappa shape index (κ1) is 16.9. The Labute approximate surface area is 125 Å². The molecule has 0 atom stereocenters. The van der Waals surface area contributed by atoms with Gasteiger partial charge < -0.3 is 18.9 Å². The maximum Gasteiger partial charge on any atom is 0.335 e. The summed E-state index contributed by atoms with van der Waals surface area (Å²) in [7, 11) is 4.53. The third kappa shape index (κ3) is 5.02. The van der Waals surface area contributed by atoms with E-state index in [0.717, 1.165) is 19.3 Å². The highest BCUT2D eigenvalue weighted by atomic mass is 16.5. The fraction of sp³-hybridized carbons (Fsp3) is 0.438. The highest BCUT2D eigenvalue weighted by molar-refractivity contribution is 5.84. The molecular formula is C16H22O5. The lowest BCUT2D eigenvalue weighted by Gasteiger charge is -2.13. The van der Waals surface area contributed by atoms with Crippen molar-refractivity contribution in [1.29, 1.82) is 0 Å². The molecule has 0 radical (unpaired) electrons. The van der Waals surface area contributed by atoms with E-state index in [4.69, 9.17) is 18.9 Å². The zero-order valence-electron chi connectivity index (χ0n) is 13.0. The number of carbonyl (C=O) groups excluding carboxylic acids is 1. The number of hydrogen-bond donors (Lipinski definition) is 0. The van der Waals surface area contributed by atoms with E-state index in [0.29, 0.717) is 23.0 Å². The Balaban J connectivity index is 2.84. The molecule has 0 bridgehead atoms. The van der Waals surface area contributed by atoms with Crippen LogP contribution in [0.3, 0.4) is 0 Å². The number of allylic oxidation sites excluding steroid dienone is 1. The highest BCUT2D eigenvalue weighted by Crippen LogP contribution is 2.40. The number of hydrogen-bond acceptors (Lipinski definition) is 5. The van der Waals surface area contributed by atoms with Crippen LogP contribution in [0.5, 0.6) is 23.0 Å². The minimum Gasteiger partial charge on any atom is -0.493 e. The van der Waals surface area contributed by atoms with Crippen LogP contribution in [0.2, 0.25) is 0 Å². The van der Waals surface area contributed by atoms with Gasteiger partial charge in [-0.25, -0.2) is 4.79 Å². The summed E-state index contributed by atoms with van der Waals surface area (Å²) < 4.78 is 20.8. The summed E-state index contributed by atoms with van der Waals surface area (Å²) in [6, 6.07) is 3.16. The van der Waals surface area contributed by atoms with Crippen molar-refractivity contribution in [2.75, 3.05) is 21.3 Å². The molecule has 0 aliphatic rings. The summed E-state index contributed by atoms with van der Waals surface area (Å²) in [5.41, 5.74) is 0. The monoisotopic (exact) mass is 294 g/mol. The average Bonchev–Trinajstić information content (AvgIpc) is 2.50. The van der Waals surface area contributed by atoms with Gasteiger partial charge in [-0.3, -0.25) is 0 Å². The maximum absolute atomic E-state index is 11.7. The second kappa shape index (κ2) is 8.89. The minimum absolute atomic E-state index is 0.342. The highest BCUT2D eigenvalue weighted by Gasteiger charge is 2.14. The molecule has 1 rings (SSSR count). The number of methoxy groups -OCH3 is 3. The summed E-state index contributed by atoms with van der Waals surface area (Å²) in [6.07, 6.45) is 6.24. The molecule has 0 aliphatic carbocycles. The van der Waals surface area contributed by atoms with E-state index >= 15 is 0 Å². The molecule has 0 amide bonds. The van der Waals surface area contributed by atoms with E-state index in [-0.39, 0.29) is 0 Å². The van der Waals surface area contributed by atoms with Gasteiger partial charge in [0.1, 0.15) is 5.75 Å².